The molecule has 0 N–H and O–H groups in total. The third-order valence-electron chi connectivity index (χ3n) is 7.44. The van der Waals surface area contributed by atoms with Crippen LogP contribution in [0.4, 0.5) is 42.8 Å². The number of fused-ring (bicyclic) bond motifs is 2. The Kier molecular flexibility index (Phi) is 7.84. The zero-order valence-electron chi connectivity index (χ0n) is 23.3. The van der Waals surface area contributed by atoms with E-state index in [1.165, 1.54) is 11.8 Å². The zero-order valence-corrected chi connectivity index (χ0v) is 23.3. The second-order valence-corrected chi connectivity index (χ2v) is 10.9. The number of anilines is 2. The van der Waals surface area contributed by atoms with E-state index in [4.69, 9.17) is 4.74 Å². The maximum Gasteiger partial charge on any atom is 0.416 e. The van der Waals surface area contributed by atoms with Gasteiger partial charge in [-0.05, 0) is 97.7 Å². The number of carbonyl (C=O) groups excluding carboxylic acids is 1. The zero-order chi connectivity index (χ0) is 30.4. The van der Waals surface area contributed by atoms with E-state index in [1.54, 1.807) is 23.6 Å². The molecule has 1 aliphatic heterocycles. The van der Waals surface area contributed by atoms with Crippen LogP contribution in [0.3, 0.4) is 0 Å². The molecule has 0 unspecified atom stereocenters. The lowest BCUT2D eigenvalue weighted by molar-refractivity contribution is -0.143. The number of aryl methyl sites for hydroxylation is 3. The number of alkyl halides is 6. The van der Waals surface area contributed by atoms with Crippen molar-refractivity contribution >= 4 is 17.7 Å². The average molecular weight is 597 g/mol. The number of carbonyl (C=O) groups is 1. The summed E-state index contributed by atoms with van der Waals surface area (Å²) in [5.74, 6) is 0.0399. The highest BCUT2D eigenvalue weighted by atomic mass is 19.4. The Morgan fingerprint density at radius 3 is 2.21 bits per heavy atom. The molecule has 226 valence electrons. The third-order valence-corrected chi connectivity index (χ3v) is 7.44. The van der Waals surface area contributed by atoms with E-state index < -0.39 is 35.6 Å². The van der Waals surface area contributed by atoms with Crippen molar-refractivity contribution in [1.29, 1.82) is 0 Å². The van der Waals surface area contributed by atoms with Crippen LogP contribution in [-0.2, 0) is 43.5 Å². The quantitative estimate of drug-likeness (QED) is 0.308. The van der Waals surface area contributed by atoms with E-state index in [0.29, 0.717) is 42.8 Å². The van der Waals surface area contributed by atoms with Gasteiger partial charge in [0.1, 0.15) is 0 Å². The van der Waals surface area contributed by atoms with Crippen molar-refractivity contribution in [2.24, 2.45) is 7.05 Å². The normalized spacial score (nSPS) is 17.2. The number of tetrazole rings is 1. The average Bonchev–Trinajstić information content (AvgIpc) is 3.49. The largest absolute Gasteiger partial charge is 0.446 e. The van der Waals surface area contributed by atoms with Gasteiger partial charge in [0, 0.05) is 13.1 Å². The molecule has 0 bridgehead atoms. The summed E-state index contributed by atoms with van der Waals surface area (Å²) >= 11 is 0. The van der Waals surface area contributed by atoms with Crippen LogP contribution in [0.15, 0.2) is 30.3 Å². The molecule has 3 aromatic rings. The van der Waals surface area contributed by atoms with Gasteiger partial charge in [-0.25, -0.2) is 4.79 Å². The van der Waals surface area contributed by atoms with Crippen molar-refractivity contribution in [2.75, 3.05) is 16.3 Å². The van der Waals surface area contributed by atoms with Crippen LogP contribution in [0.1, 0.15) is 72.5 Å². The topological polar surface area (TPSA) is 76.4 Å². The van der Waals surface area contributed by atoms with Crippen LogP contribution in [0.2, 0.25) is 0 Å². The molecule has 5 rings (SSSR count). The standard InChI is InChI=1S/C28H30F6N6O2/c1-16(2)42-26(41)39-9-5-8-23(22-12-18-6-4-7-19(18)13-24(22)39)40(25-35-37-38(3)36-25)15-17-10-20(27(29,30)31)14-21(11-17)28(32,33)34/h10-14,16,23H,4-9,15H2,1-3H3/t23-/m0/s1. The van der Waals surface area contributed by atoms with E-state index in [2.05, 4.69) is 15.4 Å². The highest BCUT2D eigenvalue weighted by Crippen LogP contribution is 2.43. The molecule has 0 spiro atoms. The van der Waals surface area contributed by atoms with Gasteiger partial charge in [0.25, 0.3) is 5.95 Å². The number of nitrogens with zero attached hydrogens (tertiary/aromatic N) is 6. The van der Waals surface area contributed by atoms with Crippen molar-refractivity contribution in [3.63, 3.8) is 0 Å². The van der Waals surface area contributed by atoms with E-state index in [0.717, 1.165) is 30.4 Å². The third kappa shape index (κ3) is 6.16. The molecule has 2 aromatic carbocycles. The highest BCUT2D eigenvalue weighted by Gasteiger charge is 2.38. The van der Waals surface area contributed by atoms with Crippen LogP contribution in [-0.4, -0.2) is 38.9 Å². The minimum Gasteiger partial charge on any atom is -0.446 e. The first-order chi connectivity index (χ1) is 19.7. The Labute approximate surface area is 238 Å². The molecule has 2 aliphatic rings. The number of amides is 1. The number of ether oxygens (including phenoxy) is 1. The number of benzene rings is 2. The number of hydrogen-bond acceptors (Lipinski definition) is 6. The van der Waals surface area contributed by atoms with Gasteiger partial charge < -0.3 is 9.64 Å². The molecular formula is C28H30F6N6O2. The molecule has 0 radical (unpaired) electrons. The van der Waals surface area contributed by atoms with Crippen LogP contribution in [0.5, 0.6) is 0 Å². The summed E-state index contributed by atoms with van der Waals surface area (Å²) in [6.45, 7) is 3.44. The summed E-state index contributed by atoms with van der Waals surface area (Å²) in [7, 11) is 1.51. The predicted molar refractivity (Wildman–Crippen MR) is 141 cm³/mol. The summed E-state index contributed by atoms with van der Waals surface area (Å²) in [5.41, 5.74) is 0.453. The second kappa shape index (κ2) is 11.1. The number of aromatic nitrogens is 4. The smallest absolute Gasteiger partial charge is 0.416 e. The minimum atomic E-state index is -4.99. The lowest BCUT2D eigenvalue weighted by atomic mass is 9.95. The van der Waals surface area contributed by atoms with Gasteiger partial charge in [-0.15, -0.1) is 5.10 Å². The van der Waals surface area contributed by atoms with Crippen molar-refractivity contribution in [3.05, 3.63) is 63.7 Å². The first-order valence-corrected chi connectivity index (χ1v) is 13.6. The lowest BCUT2D eigenvalue weighted by Crippen LogP contribution is -2.34. The molecule has 2 heterocycles. The molecule has 42 heavy (non-hydrogen) atoms. The lowest BCUT2D eigenvalue weighted by Gasteiger charge is -2.32. The second-order valence-electron chi connectivity index (χ2n) is 10.9. The molecule has 0 saturated carbocycles. The molecular weight excluding hydrogens is 566 g/mol. The van der Waals surface area contributed by atoms with Gasteiger partial charge >= 0.3 is 18.4 Å². The number of rotatable bonds is 5. The molecule has 1 aliphatic carbocycles. The summed E-state index contributed by atoms with van der Waals surface area (Å²) in [6.07, 6.45) is -7.39. The summed E-state index contributed by atoms with van der Waals surface area (Å²) in [6, 6.07) is 4.88. The fourth-order valence-corrected chi connectivity index (χ4v) is 5.64. The van der Waals surface area contributed by atoms with Crippen molar-refractivity contribution < 1.29 is 35.9 Å². The molecule has 1 atom stereocenters. The summed E-state index contributed by atoms with van der Waals surface area (Å²) in [4.78, 5) is 17.5. The fraction of sp³-hybridized carbons (Fsp3) is 0.500. The monoisotopic (exact) mass is 596 g/mol. The Morgan fingerprint density at radius 2 is 1.64 bits per heavy atom. The summed E-state index contributed by atoms with van der Waals surface area (Å²) < 4.78 is 87.6. The molecule has 1 aromatic heterocycles. The molecule has 0 fully saturated rings. The van der Waals surface area contributed by atoms with Crippen molar-refractivity contribution in [1.82, 2.24) is 20.2 Å². The molecule has 1 amide bonds. The van der Waals surface area contributed by atoms with E-state index in [-0.39, 0.29) is 30.2 Å². The van der Waals surface area contributed by atoms with Gasteiger partial charge in [0.05, 0.1) is 36.0 Å². The Bertz CT molecular complexity index is 1440. The van der Waals surface area contributed by atoms with E-state index in [1.807, 2.05) is 12.1 Å². The van der Waals surface area contributed by atoms with Gasteiger partial charge in [0.15, 0.2) is 0 Å². The Balaban J connectivity index is 1.64. The maximum absolute atomic E-state index is 13.7. The maximum atomic E-state index is 13.7. The first-order valence-electron chi connectivity index (χ1n) is 13.6. The first kappa shape index (κ1) is 29.6. The Hall–Kier alpha value is -3.84. The van der Waals surface area contributed by atoms with Gasteiger partial charge in [-0.2, -0.15) is 31.1 Å². The van der Waals surface area contributed by atoms with Crippen LogP contribution in [0, 0.1) is 0 Å². The SMILES string of the molecule is CC(C)OC(=O)N1CCC[C@H](N(Cc2cc(C(F)(F)F)cc(C(F)(F)F)c2)c2nnn(C)n2)c2cc3c(cc21)CCC3. The number of halogens is 6. The predicted octanol–water partition coefficient (Wildman–Crippen LogP) is 6.63. The van der Waals surface area contributed by atoms with Crippen LogP contribution >= 0.6 is 0 Å². The van der Waals surface area contributed by atoms with E-state index in [9.17, 15) is 31.1 Å². The highest BCUT2D eigenvalue weighted by molar-refractivity contribution is 5.89. The minimum absolute atomic E-state index is 0.0399. The van der Waals surface area contributed by atoms with E-state index >= 15 is 0 Å². The van der Waals surface area contributed by atoms with Crippen molar-refractivity contribution in [2.45, 2.75) is 77.0 Å². The molecule has 0 saturated heterocycles. The molecule has 8 nitrogen and oxygen atoms in total. The molecule has 14 heteroatoms. The fourth-order valence-electron chi connectivity index (χ4n) is 5.64. The van der Waals surface area contributed by atoms with Gasteiger partial charge in [0.2, 0.25) is 0 Å². The van der Waals surface area contributed by atoms with Gasteiger partial charge in [-0.1, -0.05) is 11.2 Å². The Morgan fingerprint density at radius 1 is 1.00 bits per heavy atom. The van der Waals surface area contributed by atoms with Crippen LogP contribution < -0.4 is 9.80 Å². The summed E-state index contributed by atoms with van der Waals surface area (Å²) in [5, 5.41) is 12.2. The number of hydrogen-bond donors (Lipinski definition) is 0. The van der Waals surface area contributed by atoms with Crippen molar-refractivity contribution in [3.8, 4) is 0 Å². The van der Waals surface area contributed by atoms with Gasteiger partial charge in [-0.3, -0.25) is 4.90 Å². The van der Waals surface area contributed by atoms with Crippen LogP contribution in [0.25, 0.3) is 0 Å².